The first-order valence-electron chi connectivity index (χ1n) is 6.44. The zero-order valence-corrected chi connectivity index (χ0v) is 15.3. The Bertz CT molecular complexity index is 601. The second-order valence-corrected chi connectivity index (χ2v) is 6.97. The summed E-state index contributed by atoms with van der Waals surface area (Å²) in [5, 5.41) is 4.38. The second-order valence-electron chi connectivity index (χ2n) is 4.80. The van der Waals surface area contributed by atoms with Crippen LogP contribution in [0.4, 0.5) is 0 Å². The standard InChI is InChI=1S/C16H16Br2ClN/c1-10(13-8-7-12(17)9-15(13)18)20-11(2)14-5-3-4-6-16(14)19/h3-11,20H,1-2H3/t10?,11-/m1/s1. The molecule has 0 heterocycles. The number of halogens is 3. The summed E-state index contributed by atoms with van der Waals surface area (Å²) in [5.74, 6) is 0. The van der Waals surface area contributed by atoms with Gasteiger partial charge in [-0.05, 0) is 43.2 Å². The SMILES string of the molecule is CC(N[C@H](C)c1ccccc1Cl)c1ccc(Br)cc1Br. The van der Waals surface area contributed by atoms with Gasteiger partial charge in [0.15, 0.2) is 0 Å². The van der Waals surface area contributed by atoms with Gasteiger partial charge in [0.2, 0.25) is 0 Å². The molecule has 0 aliphatic rings. The van der Waals surface area contributed by atoms with Crippen molar-refractivity contribution in [2.24, 2.45) is 0 Å². The molecule has 0 bridgehead atoms. The van der Waals surface area contributed by atoms with Gasteiger partial charge in [0.05, 0.1) is 0 Å². The fourth-order valence-corrected chi connectivity index (χ4v) is 3.92. The molecule has 106 valence electrons. The van der Waals surface area contributed by atoms with Crippen molar-refractivity contribution in [2.45, 2.75) is 25.9 Å². The highest BCUT2D eigenvalue weighted by Gasteiger charge is 2.15. The topological polar surface area (TPSA) is 12.0 Å². The van der Waals surface area contributed by atoms with Crippen LogP contribution < -0.4 is 5.32 Å². The van der Waals surface area contributed by atoms with Gasteiger partial charge in [0.1, 0.15) is 0 Å². The summed E-state index contributed by atoms with van der Waals surface area (Å²) in [6.45, 7) is 4.28. The molecule has 2 aromatic rings. The number of hydrogen-bond acceptors (Lipinski definition) is 1. The fraction of sp³-hybridized carbons (Fsp3) is 0.250. The van der Waals surface area contributed by atoms with Crippen molar-refractivity contribution in [1.29, 1.82) is 0 Å². The molecule has 20 heavy (non-hydrogen) atoms. The summed E-state index contributed by atoms with van der Waals surface area (Å²) >= 11 is 13.3. The van der Waals surface area contributed by atoms with E-state index in [4.69, 9.17) is 11.6 Å². The van der Waals surface area contributed by atoms with Crippen LogP contribution in [0.25, 0.3) is 0 Å². The average Bonchev–Trinajstić information content (AvgIpc) is 2.38. The zero-order chi connectivity index (χ0) is 14.7. The minimum atomic E-state index is 0.189. The van der Waals surface area contributed by atoms with Gasteiger partial charge in [-0.1, -0.05) is 67.7 Å². The van der Waals surface area contributed by atoms with E-state index in [2.05, 4.69) is 75.3 Å². The van der Waals surface area contributed by atoms with Crippen molar-refractivity contribution in [3.05, 3.63) is 67.6 Å². The van der Waals surface area contributed by atoms with E-state index in [-0.39, 0.29) is 12.1 Å². The van der Waals surface area contributed by atoms with E-state index in [1.807, 2.05) is 18.2 Å². The van der Waals surface area contributed by atoms with Gasteiger partial charge in [-0.3, -0.25) is 0 Å². The van der Waals surface area contributed by atoms with Gasteiger partial charge >= 0.3 is 0 Å². The molecule has 0 radical (unpaired) electrons. The van der Waals surface area contributed by atoms with E-state index in [0.717, 1.165) is 19.5 Å². The van der Waals surface area contributed by atoms with Gasteiger partial charge in [0.25, 0.3) is 0 Å². The molecule has 0 saturated carbocycles. The molecule has 0 aliphatic heterocycles. The van der Waals surface area contributed by atoms with E-state index in [1.54, 1.807) is 0 Å². The lowest BCUT2D eigenvalue weighted by molar-refractivity contribution is 0.493. The number of nitrogens with one attached hydrogen (secondary N) is 1. The van der Waals surface area contributed by atoms with Crippen LogP contribution in [0.15, 0.2) is 51.4 Å². The Morgan fingerprint density at radius 1 is 0.950 bits per heavy atom. The predicted molar refractivity (Wildman–Crippen MR) is 93.3 cm³/mol. The molecule has 0 saturated heterocycles. The molecular formula is C16H16Br2ClN. The molecule has 0 aromatic heterocycles. The summed E-state index contributed by atoms with van der Waals surface area (Å²) in [5.41, 5.74) is 2.35. The Kier molecular flexibility index (Phi) is 5.67. The lowest BCUT2D eigenvalue weighted by Crippen LogP contribution is -2.23. The number of hydrogen-bond donors (Lipinski definition) is 1. The maximum atomic E-state index is 6.25. The molecule has 0 fully saturated rings. The van der Waals surface area contributed by atoms with Crippen LogP contribution in [-0.2, 0) is 0 Å². The van der Waals surface area contributed by atoms with Crippen molar-refractivity contribution in [3.8, 4) is 0 Å². The smallest absolute Gasteiger partial charge is 0.0453 e. The minimum Gasteiger partial charge on any atom is -0.304 e. The maximum Gasteiger partial charge on any atom is 0.0453 e. The van der Waals surface area contributed by atoms with E-state index in [0.29, 0.717) is 0 Å². The Hall–Kier alpha value is -0.350. The normalized spacial score (nSPS) is 14.1. The lowest BCUT2D eigenvalue weighted by Gasteiger charge is -2.22. The van der Waals surface area contributed by atoms with Gasteiger partial charge in [-0.25, -0.2) is 0 Å². The first-order valence-corrected chi connectivity index (χ1v) is 8.41. The summed E-state index contributed by atoms with van der Waals surface area (Å²) < 4.78 is 2.16. The van der Waals surface area contributed by atoms with Gasteiger partial charge in [-0.2, -0.15) is 0 Å². The van der Waals surface area contributed by atoms with Gasteiger partial charge < -0.3 is 5.32 Å². The predicted octanol–water partition coefficient (Wildman–Crippen LogP) is 6.28. The summed E-state index contributed by atoms with van der Waals surface area (Å²) in [6, 6.07) is 14.6. The van der Waals surface area contributed by atoms with Crippen molar-refractivity contribution < 1.29 is 0 Å². The molecule has 0 amide bonds. The Morgan fingerprint density at radius 2 is 1.60 bits per heavy atom. The first kappa shape index (κ1) is 16.0. The van der Waals surface area contributed by atoms with Gasteiger partial charge in [-0.15, -0.1) is 0 Å². The highest BCUT2D eigenvalue weighted by atomic mass is 79.9. The Balaban J connectivity index is 2.15. The van der Waals surface area contributed by atoms with E-state index in [1.165, 1.54) is 5.56 Å². The molecular weight excluding hydrogens is 401 g/mol. The second kappa shape index (κ2) is 7.08. The zero-order valence-electron chi connectivity index (χ0n) is 11.3. The number of benzene rings is 2. The summed E-state index contributed by atoms with van der Waals surface area (Å²) in [6.07, 6.45) is 0. The summed E-state index contributed by atoms with van der Waals surface area (Å²) in [4.78, 5) is 0. The van der Waals surface area contributed by atoms with E-state index >= 15 is 0 Å². The van der Waals surface area contributed by atoms with Crippen LogP contribution in [0.3, 0.4) is 0 Å². The average molecular weight is 418 g/mol. The van der Waals surface area contributed by atoms with Crippen LogP contribution in [0.1, 0.15) is 37.1 Å². The quantitative estimate of drug-likeness (QED) is 0.618. The molecule has 0 spiro atoms. The highest BCUT2D eigenvalue weighted by molar-refractivity contribution is 9.11. The van der Waals surface area contributed by atoms with Gasteiger partial charge in [0, 0.05) is 26.1 Å². The van der Waals surface area contributed by atoms with Crippen LogP contribution >= 0.6 is 43.5 Å². The van der Waals surface area contributed by atoms with Crippen molar-refractivity contribution in [2.75, 3.05) is 0 Å². The molecule has 2 rings (SSSR count). The summed E-state index contributed by atoms with van der Waals surface area (Å²) in [7, 11) is 0. The number of rotatable bonds is 4. The lowest BCUT2D eigenvalue weighted by atomic mass is 10.0. The molecule has 2 atom stereocenters. The van der Waals surface area contributed by atoms with Crippen molar-refractivity contribution in [1.82, 2.24) is 5.32 Å². The minimum absolute atomic E-state index is 0.189. The monoisotopic (exact) mass is 415 g/mol. The molecule has 0 aliphatic carbocycles. The largest absolute Gasteiger partial charge is 0.304 e. The maximum absolute atomic E-state index is 6.25. The van der Waals surface area contributed by atoms with Crippen molar-refractivity contribution in [3.63, 3.8) is 0 Å². The van der Waals surface area contributed by atoms with Crippen LogP contribution in [-0.4, -0.2) is 0 Å². The van der Waals surface area contributed by atoms with E-state index < -0.39 is 0 Å². The molecule has 1 nitrogen and oxygen atoms in total. The van der Waals surface area contributed by atoms with Crippen LogP contribution in [0.5, 0.6) is 0 Å². The molecule has 4 heteroatoms. The fourth-order valence-electron chi connectivity index (χ4n) is 2.23. The third-order valence-electron chi connectivity index (χ3n) is 3.30. The van der Waals surface area contributed by atoms with Crippen molar-refractivity contribution >= 4 is 43.5 Å². The molecule has 1 N–H and O–H groups in total. The third kappa shape index (κ3) is 3.85. The molecule has 2 aromatic carbocycles. The molecule has 1 unspecified atom stereocenters. The Labute approximate surface area is 142 Å². The van der Waals surface area contributed by atoms with Crippen LogP contribution in [0, 0.1) is 0 Å². The Morgan fingerprint density at radius 3 is 2.25 bits per heavy atom. The van der Waals surface area contributed by atoms with E-state index in [9.17, 15) is 0 Å². The first-order chi connectivity index (χ1) is 9.49. The van der Waals surface area contributed by atoms with Crippen LogP contribution in [0.2, 0.25) is 5.02 Å². The highest BCUT2D eigenvalue weighted by Crippen LogP contribution is 2.29. The third-order valence-corrected chi connectivity index (χ3v) is 4.82.